The topological polar surface area (TPSA) is 50.3 Å². The van der Waals surface area contributed by atoms with Crippen LogP contribution < -0.4 is 15.0 Å². The first-order valence-electron chi connectivity index (χ1n) is 7.34. The van der Waals surface area contributed by atoms with Crippen molar-refractivity contribution in [3.05, 3.63) is 48.5 Å². The minimum absolute atomic E-state index is 0.637. The molecule has 0 amide bonds. The average Bonchev–Trinajstić information content (AvgIpc) is 2.57. The summed E-state index contributed by atoms with van der Waals surface area (Å²) >= 11 is 0. The first-order chi connectivity index (χ1) is 10.4. The summed E-state index contributed by atoms with van der Waals surface area (Å²) in [4.78, 5) is 10.7. The third-order valence-corrected chi connectivity index (χ3v) is 3.56. The third-order valence-electron chi connectivity index (χ3n) is 3.56. The maximum atomic E-state index is 5.81. The minimum atomic E-state index is 0.637. The van der Waals surface area contributed by atoms with Crippen LogP contribution in [0.2, 0.25) is 0 Å². The Morgan fingerprint density at radius 3 is 2.86 bits per heavy atom. The third kappa shape index (κ3) is 3.92. The van der Waals surface area contributed by atoms with Gasteiger partial charge in [0.2, 0.25) is 0 Å². The molecule has 5 nitrogen and oxygen atoms in total. The van der Waals surface area contributed by atoms with Gasteiger partial charge in [0.15, 0.2) is 0 Å². The summed E-state index contributed by atoms with van der Waals surface area (Å²) in [6.45, 7) is 4.71. The van der Waals surface area contributed by atoms with E-state index < -0.39 is 0 Å². The second-order valence-electron chi connectivity index (χ2n) is 5.08. The van der Waals surface area contributed by atoms with Gasteiger partial charge in [0.25, 0.3) is 0 Å². The zero-order valence-corrected chi connectivity index (χ0v) is 12.0. The van der Waals surface area contributed by atoms with Crippen LogP contribution in [-0.4, -0.2) is 42.8 Å². The molecular formula is C16H20N4O. The lowest BCUT2D eigenvalue weighted by Crippen LogP contribution is -2.43. The van der Waals surface area contributed by atoms with Crippen LogP contribution in [-0.2, 0) is 6.42 Å². The lowest BCUT2D eigenvalue weighted by molar-refractivity contribution is 0.320. The van der Waals surface area contributed by atoms with Gasteiger partial charge in [0, 0.05) is 51.1 Å². The van der Waals surface area contributed by atoms with Crippen molar-refractivity contribution in [2.75, 3.05) is 37.7 Å². The molecule has 1 aliphatic heterocycles. The van der Waals surface area contributed by atoms with Crippen LogP contribution >= 0.6 is 0 Å². The molecule has 3 rings (SSSR count). The highest BCUT2D eigenvalue weighted by atomic mass is 16.5. The van der Waals surface area contributed by atoms with Crippen LogP contribution in [0, 0.1) is 0 Å². The monoisotopic (exact) mass is 284 g/mol. The highest BCUT2D eigenvalue weighted by Gasteiger charge is 2.11. The van der Waals surface area contributed by atoms with Crippen LogP contribution in [0.25, 0.3) is 0 Å². The quantitative estimate of drug-likeness (QED) is 0.902. The molecule has 0 atom stereocenters. The standard InChI is InChI=1S/C16H20N4O/c1-2-14(11-18-4-1)3-9-21-16-10-15(12-19-13-16)20-7-5-17-6-8-20/h1-2,4,10-13,17H,3,5-9H2. The summed E-state index contributed by atoms with van der Waals surface area (Å²) in [6, 6.07) is 6.08. The molecule has 1 saturated heterocycles. The number of aromatic nitrogens is 2. The molecule has 3 heterocycles. The molecule has 110 valence electrons. The fourth-order valence-electron chi connectivity index (χ4n) is 2.42. The Hall–Kier alpha value is -2.14. The highest BCUT2D eigenvalue weighted by Crippen LogP contribution is 2.20. The van der Waals surface area contributed by atoms with Gasteiger partial charge in [0.1, 0.15) is 5.75 Å². The van der Waals surface area contributed by atoms with Crippen LogP contribution in [0.3, 0.4) is 0 Å². The number of hydrogen-bond acceptors (Lipinski definition) is 5. The summed E-state index contributed by atoms with van der Waals surface area (Å²) in [6.07, 6.45) is 8.18. The Morgan fingerprint density at radius 2 is 2.05 bits per heavy atom. The van der Waals surface area contributed by atoms with E-state index in [1.54, 1.807) is 12.4 Å². The van der Waals surface area contributed by atoms with E-state index in [1.165, 1.54) is 5.56 Å². The predicted molar refractivity (Wildman–Crippen MR) is 82.8 cm³/mol. The van der Waals surface area contributed by atoms with Gasteiger partial charge < -0.3 is 15.0 Å². The van der Waals surface area contributed by atoms with E-state index in [1.807, 2.05) is 18.5 Å². The Labute approximate surface area is 125 Å². The smallest absolute Gasteiger partial charge is 0.139 e. The average molecular weight is 284 g/mol. The van der Waals surface area contributed by atoms with Crippen molar-refractivity contribution in [1.29, 1.82) is 0 Å². The molecule has 2 aromatic heterocycles. The summed E-state index contributed by atoms with van der Waals surface area (Å²) in [7, 11) is 0. The predicted octanol–water partition coefficient (Wildman–Crippen LogP) is 1.51. The maximum absolute atomic E-state index is 5.81. The molecule has 0 bridgehead atoms. The maximum Gasteiger partial charge on any atom is 0.139 e. The Morgan fingerprint density at radius 1 is 1.14 bits per heavy atom. The Kier molecular flexibility index (Phi) is 4.63. The summed E-state index contributed by atoms with van der Waals surface area (Å²) in [5.41, 5.74) is 2.32. The van der Waals surface area contributed by atoms with Crippen molar-refractivity contribution in [3.8, 4) is 5.75 Å². The van der Waals surface area contributed by atoms with Gasteiger partial charge in [-0.1, -0.05) is 6.07 Å². The Bertz CT molecular complexity index is 555. The zero-order chi connectivity index (χ0) is 14.3. The number of hydrogen-bond donors (Lipinski definition) is 1. The summed E-state index contributed by atoms with van der Waals surface area (Å²) < 4.78 is 5.81. The van der Waals surface area contributed by atoms with E-state index in [-0.39, 0.29) is 0 Å². The first-order valence-corrected chi connectivity index (χ1v) is 7.34. The highest BCUT2D eigenvalue weighted by molar-refractivity contribution is 5.48. The van der Waals surface area contributed by atoms with E-state index in [0.717, 1.165) is 44.0 Å². The number of nitrogens with one attached hydrogen (secondary N) is 1. The second kappa shape index (κ2) is 7.04. The molecule has 0 unspecified atom stereocenters. The van der Waals surface area contributed by atoms with Crippen LogP contribution in [0.4, 0.5) is 5.69 Å². The lowest BCUT2D eigenvalue weighted by atomic mass is 10.2. The normalized spacial score (nSPS) is 15.0. The van der Waals surface area contributed by atoms with Gasteiger partial charge in [0.05, 0.1) is 24.7 Å². The molecule has 0 spiro atoms. The summed E-state index contributed by atoms with van der Waals surface area (Å²) in [5.74, 6) is 0.829. The van der Waals surface area contributed by atoms with E-state index in [4.69, 9.17) is 4.74 Å². The van der Waals surface area contributed by atoms with Gasteiger partial charge in [-0.25, -0.2) is 0 Å². The van der Waals surface area contributed by atoms with E-state index >= 15 is 0 Å². The second-order valence-corrected chi connectivity index (χ2v) is 5.08. The van der Waals surface area contributed by atoms with Gasteiger partial charge in [-0.2, -0.15) is 0 Å². The van der Waals surface area contributed by atoms with Crippen molar-refractivity contribution in [1.82, 2.24) is 15.3 Å². The molecular weight excluding hydrogens is 264 g/mol. The van der Waals surface area contributed by atoms with E-state index in [0.29, 0.717) is 6.61 Å². The van der Waals surface area contributed by atoms with Crippen LogP contribution in [0.15, 0.2) is 43.0 Å². The lowest BCUT2D eigenvalue weighted by Gasteiger charge is -2.29. The van der Waals surface area contributed by atoms with Crippen molar-refractivity contribution >= 4 is 5.69 Å². The van der Waals surface area contributed by atoms with Gasteiger partial charge in [-0.15, -0.1) is 0 Å². The molecule has 0 aromatic carbocycles. The molecule has 2 aromatic rings. The molecule has 21 heavy (non-hydrogen) atoms. The zero-order valence-electron chi connectivity index (χ0n) is 12.0. The van der Waals surface area contributed by atoms with Gasteiger partial charge in [-0.3, -0.25) is 9.97 Å². The van der Waals surface area contributed by atoms with Crippen molar-refractivity contribution in [2.45, 2.75) is 6.42 Å². The fraction of sp³-hybridized carbons (Fsp3) is 0.375. The molecule has 1 fully saturated rings. The SMILES string of the molecule is c1cncc(CCOc2cncc(N3CCNCC3)c2)c1. The minimum Gasteiger partial charge on any atom is -0.492 e. The molecule has 0 radical (unpaired) electrons. The number of piperazine rings is 1. The van der Waals surface area contributed by atoms with E-state index in [9.17, 15) is 0 Å². The summed E-state index contributed by atoms with van der Waals surface area (Å²) in [5, 5.41) is 3.35. The van der Waals surface area contributed by atoms with Crippen molar-refractivity contribution < 1.29 is 4.74 Å². The Balaban J connectivity index is 1.55. The van der Waals surface area contributed by atoms with Crippen molar-refractivity contribution in [2.24, 2.45) is 0 Å². The van der Waals surface area contributed by atoms with E-state index in [2.05, 4.69) is 32.3 Å². The molecule has 0 saturated carbocycles. The number of rotatable bonds is 5. The molecule has 0 aliphatic carbocycles. The first kappa shape index (κ1) is 13.8. The van der Waals surface area contributed by atoms with Gasteiger partial charge in [-0.05, 0) is 11.6 Å². The number of anilines is 1. The van der Waals surface area contributed by atoms with Gasteiger partial charge >= 0.3 is 0 Å². The fourth-order valence-corrected chi connectivity index (χ4v) is 2.42. The molecule has 5 heteroatoms. The number of ether oxygens (including phenoxy) is 1. The molecule has 1 N–H and O–H groups in total. The number of pyridine rings is 2. The van der Waals surface area contributed by atoms with Crippen molar-refractivity contribution in [3.63, 3.8) is 0 Å². The number of nitrogens with zero attached hydrogens (tertiary/aromatic N) is 3. The van der Waals surface area contributed by atoms with Crippen LogP contribution in [0.5, 0.6) is 5.75 Å². The van der Waals surface area contributed by atoms with Crippen LogP contribution in [0.1, 0.15) is 5.56 Å². The largest absolute Gasteiger partial charge is 0.492 e. The molecule has 1 aliphatic rings.